The van der Waals surface area contributed by atoms with Gasteiger partial charge in [-0.2, -0.15) is 10.1 Å². The molecular weight excluding hydrogens is 382 g/mol. The Hall–Kier alpha value is -2.28. The Morgan fingerprint density at radius 3 is 2.68 bits per heavy atom. The predicted molar refractivity (Wildman–Crippen MR) is 101 cm³/mol. The highest BCUT2D eigenvalue weighted by Gasteiger charge is 2.13. The van der Waals surface area contributed by atoms with E-state index in [1.54, 1.807) is 4.52 Å². The van der Waals surface area contributed by atoms with E-state index in [1.807, 2.05) is 45.9 Å². The first-order valence-corrected chi connectivity index (χ1v) is 8.90. The fourth-order valence-corrected chi connectivity index (χ4v) is 3.10. The highest BCUT2D eigenvalue weighted by Crippen LogP contribution is 2.21. The fraction of sp³-hybridized carbons (Fsp3) is 0.333. The summed E-state index contributed by atoms with van der Waals surface area (Å²) < 4.78 is 2.77. The van der Waals surface area contributed by atoms with E-state index in [-0.39, 0.29) is 5.91 Å². The Balaban J connectivity index is 1.73. The molecule has 3 aromatic rings. The van der Waals surface area contributed by atoms with E-state index in [0.717, 1.165) is 32.7 Å². The molecule has 0 saturated carbocycles. The molecule has 2 heterocycles. The molecule has 2 aromatic heterocycles. The SMILES string of the molecule is Cc1nc2nc(C)c(CCC(=O)Nc3ccc(Br)c(C)c3)c(C)n2n1. The molecule has 1 N–H and O–H groups in total. The molecule has 6 nitrogen and oxygen atoms in total. The summed E-state index contributed by atoms with van der Waals surface area (Å²) in [5.74, 6) is 1.27. The van der Waals surface area contributed by atoms with Crippen LogP contribution in [0, 0.1) is 27.7 Å². The predicted octanol–water partition coefficient (Wildman–Crippen LogP) is 3.69. The number of aryl methyl sites for hydroxylation is 4. The zero-order valence-electron chi connectivity index (χ0n) is 14.7. The molecule has 3 rings (SSSR count). The summed E-state index contributed by atoms with van der Waals surface area (Å²) in [5, 5.41) is 7.31. The molecule has 0 fully saturated rings. The lowest BCUT2D eigenvalue weighted by Crippen LogP contribution is -2.14. The number of amides is 1. The van der Waals surface area contributed by atoms with Gasteiger partial charge in [-0.25, -0.2) is 9.50 Å². The van der Waals surface area contributed by atoms with E-state index < -0.39 is 0 Å². The topological polar surface area (TPSA) is 72.2 Å². The molecule has 0 radical (unpaired) electrons. The summed E-state index contributed by atoms with van der Waals surface area (Å²) in [4.78, 5) is 21.1. The van der Waals surface area contributed by atoms with Gasteiger partial charge in [0.05, 0.1) is 0 Å². The van der Waals surface area contributed by atoms with Crippen molar-refractivity contribution in [3.8, 4) is 0 Å². The second-order valence-electron chi connectivity index (χ2n) is 6.14. The van der Waals surface area contributed by atoms with Crippen molar-refractivity contribution in [3.63, 3.8) is 0 Å². The number of carbonyl (C=O) groups excluding carboxylic acids is 1. The van der Waals surface area contributed by atoms with Crippen LogP contribution in [0.2, 0.25) is 0 Å². The maximum atomic E-state index is 12.3. The average Bonchev–Trinajstić information content (AvgIpc) is 2.91. The highest BCUT2D eigenvalue weighted by molar-refractivity contribution is 9.10. The third-order valence-electron chi connectivity index (χ3n) is 4.20. The van der Waals surface area contributed by atoms with Crippen LogP contribution in [0.1, 0.15) is 34.8 Å². The minimum absolute atomic E-state index is 0.0182. The molecule has 0 aliphatic carbocycles. The highest BCUT2D eigenvalue weighted by atomic mass is 79.9. The van der Waals surface area contributed by atoms with Gasteiger partial charge >= 0.3 is 0 Å². The largest absolute Gasteiger partial charge is 0.326 e. The number of benzene rings is 1. The van der Waals surface area contributed by atoms with Crippen molar-refractivity contribution in [2.45, 2.75) is 40.5 Å². The normalized spacial score (nSPS) is 11.1. The van der Waals surface area contributed by atoms with Crippen LogP contribution in [0.5, 0.6) is 0 Å². The van der Waals surface area contributed by atoms with E-state index in [2.05, 4.69) is 36.3 Å². The van der Waals surface area contributed by atoms with Crippen LogP contribution in [-0.4, -0.2) is 25.5 Å². The molecule has 130 valence electrons. The maximum absolute atomic E-state index is 12.3. The molecule has 0 unspecified atom stereocenters. The molecule has 0 atom stereocenters. The monoisotopic (exact) mass is 401 g/mol. The van der Waals surface area contributed by atoms with E-state index in [1.165, 1.54) is 0 Å². The van der Waals surface area contributed by atoms with Crippen LogP contribution in [0.3, 0.4) is 0 Å². The van der Waals surface area contributed by atoms with E-state index >= 15 is 0 Å². The fourth-order valence-electron chi connectivity index (χ4n) is 2.85. The van der Waals surface area contributed by atoms with E-state index in [9.17, 15) is 4.79 Å². The minimum Gasteiger partial charge on any atom is -0.326 e. The molecule has 1 amide bonds. The van der Waals surface area contributed by atoms with Crippen LogP contribution < -0.4 is 5.32 Å². The van der Waals surface area contributed by atoms with E-state index in [0.29, 0.717) is 24.4 Å². The number of carbonyl (C=O) groups is 1. The van der Waals surface area contributed by atoms with Gasteiger partial charge in [0.15, 0.2) is 0 Å². The van der Waals surface area contributed by atoms with Gasteiger partial charge in [0.1, 0.15) is 5.82 Å². The van der Waals surface area contributed by atoms with E-state index in [4.69, 9.17) is 0 Å². The quantitative estimate of drug-likeness (QED) is 0.723. The van der Waals surface area contributed by atoms with Gasteiger partial charge in [-0.1, -0.05) is 15.9 Å². The summed E-state index contributed by atoms with van der Waals surface area (Å²) in [6.07, 6.45) is 0.999. The minimum atomic E-state index is -0.0182. The third kappa shape index (κ3) is 3.71. The van der Waals surface area contributed by atoms with Crippen LogP contribution in [0.4, 0.5) is 5.69 Å². The Bertz CT molecular complexity index is 964. The van der Waals surface area contributed by atoms with Crippen molar-refractivity contribution in [1.29, 1.82) is 0 Å². The zero-order chi connectivity index (χ0) is 18.1. The first kappa shape index (κ1) is 17.5. The zero-order valence-corrected chi connectivity index (χ0v) is 16.3. The van der Waals surface area contributed by atoms with Crippen molar-refractivity contribution >= 4 is 33.3 Å². The summed E-state index contributed by atoms with van der Waals surface area (Å²) >= 11 is 3.46. The number of nitrogens with zero attached hydrogens (tertiary/aromatic N) is 4. The average molecular weight is 402 g/mol. The summed E-state index contributed by atoms with van der Waals surface area (Å²) in [6.45, 7) is 7.77. The number of aromatic nitrogens is 4. The summed E-state index contributed by atoms with van der Waals surface area (Å²) in [6, 6.07) is 5.77. The number of hydrogen-bond acceptors (Lipinski definition) is 4. The van der Waals surface area contributed by atoms with Gasteiger partial charge in [0.2, 0.25) is 5.91 Å². The lowest BCUT2D eigenvalue weighted by molar-refractivity contribution is -0.116. The number of rotatable bonds is 4. The second kappa shape index (κ2) is 6.92. The molecular formula is C18H20BrN5O. The van der Waals surface area contributed by atoms with Crippen molar-refractivity contribution in [3.05, 3.63) is 51.0 Å². The van der Waals surface area contributed by atoms with Gasteiger partial charge < -0.3 is 5.32 Å². The smallest absolute Gasteiger partial charge is 0.252 e. The molecule has 0 aliphatic rings. The second-order valence-corrected chi connectivity index (χ2v) is 7.00. The van der Waals surface area contributed by atoms with Gasteiger partial charge in [0, 0.05) is 28.0 Å². The molecule has 0 spiro atoms. The number of nitrogens with one attached hydrogen (secondary N) is 1. The Labute approximate surface area is 154 Å². The van der Waals surface area contributed by atoms with Gasteiger partial charge in [0.25, 0.3) is 5.78 Å². The third-order valence-corrected chi connectivity index (χ3v) is 5.09. The van der Waals surface area contributed by atoms with Crippen LogP contribution >= 0.6 is 15.9 Å². The number of fused-ring (bicyclic) bond motifs is 1. The van der Waals surface area contributed by atoms with Crippen LogP contribution in [-0.2, 0) is 11.2 Å². The molecule has 0 aliphatic heterocycles. The summed E-state index contributed by atoms with van der Waals surface area (Å²) in [7, 11) is 0. The number of hydrogen-bond donors (Lipinski definition) is 1. The molecule has 0 bridgehead atoms. The van der Waals surface area contributed by atoms with Gasteiger partial charge in [-0.15, -0.1) is 0 Å². The Morgan fingerprint density at radius 2 is 1.96 bits per heavy atom. The number of halogens is 1. The Kier molecular flexibility index (Phi) is 4.85. The van der Waals surface area contributed by atoms with Crippen molar-refractivity contribution in [2.24, 2.45) is 0 Å². The van der Waals surface area contributed by atoms with Crippen LogP contribution in [0.15, 0.2) is 22.7 Å². The number of anilines is 1. The first-order chi connectivity index (χ1) is 11.8. The molecule has 7 heteroatoms. The van der Waals surface area contributed by atoms with Crippen molar-refractivity contribution in [1.82, 2.24) is 19.6 Å². The molecule has 1 aromatic carbocycles. The standard InChI is InChI=1S/C18H20BrN5O/c1-10-9-14(5-7-16(10)19)22-17(25)8-6-15-11(2)20-18-21-13(4)23-24(18)12(15)3/h5,7,9H,6,8H2,1-4H3,(H,22,25). The molecule has 25 heavy (non-hydrogen) atoms. The van der Waals surface area contributed by atoms with Gasteiger partial charge in [-0.05, 0) is 63.4 Å². The summed E-state index contributed by atoms with van der Waals surface area (Å²) in [5.41, 5.74) is 4.81. The maximum Gasteiger partial charge on any atom is 0.252 e. The lowest BCUT2D eigenvalue weighted by atomic mass is 10.1. The van der Waals surface area contributed by atoms with Crippen molar-refractivity contribution in [2.75, 3.05) is 5.32 Å². The Morgan fingerprint density at radius 1 is 1.20 bits per heavy atom. The first-order valence-electron chi connectivity index (χ1n) is 8.10. The lowest BCUT2D eigenvalue weighted by Gasteiger charge is -2.11. The van der Waals surface area contributed by atoms with Crippen molar-refractivity contribution < 1.29 is 4.79 Å². The van der Waals surface area contributed by atoms with Crippen LogP contribution in [0.25, 0.3) is 5.78 Å². The van der Waals surface area contributed by atoms with Gasteiger partial charge in [-0.3, -0.25) is 4.79 Å². The molecule has 0 saturated heterocycles.